The molecule has 0 unspecified atom stereocenters. The number of carbonyl (C=O) groups excluding carboxylic acids is 1. The zero-order valence-electron chi connectivity index (χ0n) is 17.5. The Labute approximate surface area is 170 Å². The van der Waals surface area contributed by atoms with Gasteiger partial charge in [-0.05, 0) is 34.8 Å². The average molecular weight is 395 g/mol. The SMILES string of the molecule is COc1cc(C2=N/C(=C\c3ccc(C(C)(C)C)cc3)C(=O)O2)cc(OC)c1OC. The van der Waals surface area contributed by atoms with Crippen LogP contribution in [0.5, 0.6) is 17.2 Å². The molecule has 0 saturated carbocycles. The highest BCUT2D eigenvalue weighted by molar-refractivity contribution is 6.13. The maximum Gasteiger partial charge on any atom is 0.363 e. The number of aliphatic imine (C=N–C) groups is 1. The highest BCUT2D eigenvalue weighted by Gasteiger charge is 2.26. The first kappa shape index (κ1) is 20.5. The second kappa shape index (κ2) is 7.99. The van der Waals surface area contributed by atoms with E-state index in [1.54, 1.807) is 18.2 Å². The maximum absolute atomic E-state index is 12.3. The molecular weight excluding hydrogens is 370 g/mol. The standard InChI is InChI=1S/C23H25NO5/c1-23(2,3)16-9-7-14(8-10-16)11-17-22(25)29-21(24-17)15-12-18(26-4)20(28-6)19(13-15)27-5/h7-13H,1-6H3/b17-11-. The fraction of sp³-hybridized carbons (Fsp3) is 0.304. The van der Waals surface area contributed by atoms with Crippen molar-refractivity contribution in [2.24, 2.45) is 4.99 Å². The Morgan fingerprint density at radius 3 is 2.00 bits per heavy atom. The molecule has 1 aliphatic heterocycles. The van der Waals surface area contributed by atoms with Crippen LogP contribution in [0, 0.1) is 0 Å². The second-order valence-corrected chi connectivity index (χ2v) is 7.62. The molecule has 0 saturated heterocycles. The number of esters is 1. The van der Waals surface area contributed by atoms with Crippen molar-refractivity contribution in [2.75, 3.05) is 21.3 Å². The van der Waals surface area contributed by atoms with Crippen LogP contribution in [-0.4, -0.2) is 33.2 Å². The minimum atomic E-state index is -0.506. The first-order chi connectivity index (χ1) is 13.8. The van der Waals surface area contributed by atoms with Gasteiger partial charge in [-0.1, -0.05) is 45.0 Å². The van der Waals surface area contributed by atoms with Crippen molar-refractivity contribution in [3.05, 3.63) is 58.8 Å². The normalized spacial score (nSPS) is 15.2. The van der Waals surface area contributed by atoms with Crippen LogP contribution < -0.4 is 14.2 Å². The van der Waals surface area contributed by atoms with Gasteiger partial charge in [0.25, 0.3) is 0 Å². The highest BCUT2D eigenvalue weighted by Crippen LogP contribution is 2.39. The summed E-state index contributed by atoms with van der Waals surface area (Å²) in [6, 6.07) is 11.4. The summed E-state index contributed by atoms with van der Waals surface area (Å²) in [7, 11) is 4.57. The summed E-state index contributed by atoms with van der Waals surface area (Å²) < 4.78 is 21.4. The van der Waals surface area contributed by atoms with E-state index in [2.05, 4.69) is 37.9 Å². The van der Waals surface area contributed by atoms with Crippen molar-refractivity contribution in [3.8, 4) is 17.2 Å². The lowest BCUT2D eigenvalue weighted by Gasteiger charge is -2.18. The molecule has 1 aliphatic rings. The van der Waals surface area contributed by atoms with Crippen LogP contribution in [0.1, 0.15) is 37.5 Å². The van der Waals surface area contributed by atoms with E-state index < -0.39 is 5.97 Å². The summed E-state index contributed by atoms with van der Waals surface area (Å²) in [6.45, 7) is 6.47. The van der Waals surface area contributed by atoms with Crippen molar-refractivity contribution in [1.29, 1.82) is 0 Å². The Morgan fingerprint density at radius 1 is 0.931 bits per heavy atom. The molecular formula is C23H25NO5. The first-order valence-electron chi connectivity index (χ1n) is 9.20. The molecule has 1 heterocycles. The summed E-state index contributed by atoms with van der Waals surface area (Å²) in [5, 5.41) is 0. The summed E-state index contributed by atoms with van der Waals surface area (Å²) in [5.41, 5.74) is 2.95. The Bertz CT molecular complexity index is 956. The molecule has 2 aromatic carbocycles. The number of benzene rings is 2. The number of ether oxygens (including phenoxy) is 4. The molecule has 29 heavy (non-hydrogen) atoms. The summed E-state index contributed by atoms with van der Waals surface area (Å²) in [4.78, 5) is 16.7. The number of methoxy groups -OCH3 is 3. The van der Waals surface area contributed by atoms with Crippen LogP contribution in [0.4, 0.5) is 0 Å². The molecule has 0 atom stereocenters. The van der Waals surface area contributed by atoms with Gasteiger partial charge >= 0.3 is 5.97 Å². The average Bonchev–Trinajstić information content (AvgIpc) is 3.06. The lowest BCUT2D eigenvalue weighted by atomic mass is 9.87. The third-order valence-corrected chi connectivity index (χ3v) is 4.61. The summed E-state index contributed by atoms with van der Waals surface area (Å²) in [5.74, 6) is 1.05. The smallest absolute Gasteiger partial charge is 0.363 e. The van der Waals surface area contributed by atoms with Crippen molar-refractivity contribution in [3.63, 3.8) is 0 Å². The molecule has 3 rings (SSSR count). The molecule has 2 aromatic rings. The van der Waals surface area contributed by atoms with E-state index in [1.807, 2.05) is 12.1 Å². The Kier molecular flexibility index (Phi) is 5.64. The van der Waals surface area contributed by atoms with Crippen LogP contribution in [0.2, 0.25) is 0 Å². The lowest BCUT2D eigenvalue weighted by Crippen LogP contribution is -2.10. The van der Waals surface area contributed by atoms with Gasteiger partial charge in [0.2, 0.25) is 11.6 Å². The fourth-order valence-corrected chi connectivity index (χ4v) is 2.97. The lowest BCUT2D eigenvalue weighted by molar-refractivity contribution is -0.129. The third-order valence-electron chi connectivity index (χ3n) is 4.61. The fourth-order valence-electron chi connectivity index (χ4n) is 2.97. The minimum Gasteiger partial charge on any atom is -0.493 e. The van der Waals surface area contributed by atoms with Crippen LogP contribution in [0.3, 0.4) is 0 Å². The number of cyclic esters (lactones) is 1. The zero-order valence-corrected chi connectivity index (χ0v) is 17.5. The molecule has 0 bridgehead atoms. The molecule has 6 heteroatoms. The number of hydrogen-bond donors (Lipinski definition) is 0. The quantitative estimate of drug-likeness (QED) is 0.556. The minimum absolute atomic E-state index is 0.0652. The van der Waals surface area contributed by atoms with Gasteiger partial charge in [0.15, 0.2) is 17.2 Å². The Morgan fingerprint density at radius 2 is 1.52 bits per heavy atom. The molecule has 0 aromatic heterocycles. The number of carbonyl (C=O) groups is 1. The van der Waals surface area contributed by atoms with Gasteiger partial charge in [0, 0.05) is 5.56 Å². The van der Waals surface area contributed by atoms with E-state index in [0.29, 0.717) is 22.8 Å². The van der Waals surface area contributed by atoms with E-state index in [1.165, 1.54) is 26.9 Å². The van der Waals surface area contributed by atoms with Gasteiger partial charge in [-0.15, -0.1) is 0 Å². The number of rotatable bonds is 5. The maximum atomic E-state index is 12.3. The predicted molar refractivity (Wildman–Crippen MR) is 112 cm³/mol. The zero-order chi connectivity index (χ0) is 21.2. The van der Waals surface area contributed by atoms with Gasteiger partial charge in [-0.2, -0.15) is 0 Å². The van der Waals surface area contributed by atoms with E-state index >= 15 is 0 Å². The second-order valence-electron chi connectivity index (χ2n) is 7.62. The van der Waals surface area contributed by atoms with Crippen LogP contribution >= 0.6 is 0 Å². The summed E-state index contributed by atoms with van der Waals surface area (Å²) in [6.07, 6.45) is 1.71. The molecule has 152 valence electrons. The molecule has 0 aliphatic carbocycles. The molecule has 0 fully saturated rings. The topological polar surface area (TPSA) is 66.4 Å². The molecule has 0 amide bonds. The van der Waals surface area contributed by atoms with Gasteiger partial charge in [-0.3, -0.25) is 0 Å². The third kappa shape index (κ3) is 4.26. The van der Waals surface area contributed by atoms with Gasteiger partial charge in [0.1, 0.15) is 0 Å². The van der Waals surface area contributed by atoms with E-state index in [-0.39, 0.29) is 17.0 Å². The van der Waals surface area contributed by atoms with Gasteiger partial charge in [0.05, 0.1) is 21.3 Å². The largest absolute Gasteiger partial charge is 0.493 e. The first-order valence-corrected chi connectivity index (χ1v) is 9.20. The van der Waals surface area contributed by atoms with Crippen molar-refractivity contribution in [1.82, 2.24) is 0 Å². The molecule has 0 radical (unpaired) electrons. The van der Waals surface area contributed by atoms with Crippen molar-refractivity contribution < 1.29 is 23.7 Å². The molecule has 0 spiro atoms. The van der Waals surface area contributed by atoms with Crippen LogP contribution in [0.15, 0.2) is 47.1 Å². The number of hydrogen-bond acceptors (Lipinski definition) is 6. The predicted octanol–water partition coefficient (Wildman–Crippen LogP) is 4.35. The van der Waals surface area contributed by atoms with E-state index in [9.17, 15) is 4.79 Å². The summed E-state index contributed by atoms with van der Waals surface area (Å²) >= 11 is 0. The number of nitrogens with zero attached hydrogens (tertiary/aromatic N) is 1. The monoisotopic (exact) mass is 395 g/mol. The Balaban J connectivity index is 1.95. The van der Waals surface area contributed by atoms with Crippen molar-refractivity contribution in [2.45, 2.75) is 26.2 Å². The van der Waals surface area contributed by atoms with Crippen LogP contribution in [-0.2, 0) is 14.9 Å². The van der Waals surface area contributed by atoms with E-state index in [4.69, 9.17) is 18.9 Å². The Hall–Kier alpha value is -3.28. The van der Waals surface area contributed by atoms with E-state index in [0.717, 1.165) is 5.56 Å². The van der Waals surface area contributed by atoms with Gasteiger partial charge in [-0.25, -0.2) is 9.79 Å². The molecule has 0 N–H and O–H groups in total. The van der Waals surface area contributed by atoms with Crippen LogP contribution in [0.25, 0.3) is 6.08 Å². The van der Waals surface area contributed by atoms with Crippen molar-refractivity contribution >= 4 is 17.9 Å². The highest BCUT2D eigenvalue weighted by atomic mass is 16.6. The molecule has 6 nitrogen and oxygen atoms in total. The van der Waals surface area contributed by atoms with Gasteiger partial charge < -0.3 is 18.9 Å².